The average Bonchev–Trinajstić information content (AvgIpc) is 2.94. The largest absolute Gasteiger partial charge is 0.466 e. The summed E-state index contributed by atoms with van der Waals surface area (Å²) >= 11 is 0. The van der Waals surface area contributed by atoms with E-state index in [2.05, 4.69) is 9.53 Å². The number of carbonyl (C=O) groups is 1. The van der Waals surface area contributed by atoms with E-state index in [9.17, 15) is 4.79 Å². The van der Waals surface area contributed by atoms with Crippen molar-refractivity contribution in [2.75, 3.05) is 7.11 Å². The molecule has 0 bridgehead atoms. The van der Waals surface area contributed by atoms with Crippen molar-refractivity contribution in [1.29, 1.82) is 0 Å². The van der Waals surface area contributed by atoms with E-state index in [1.54, 1.807) is 0 Å². The van der Waals surface area contributed by atoms with Crippen LogP contribution in [0.5, 0.6) is 0 Å². The molecule has 1 aromatic rings. The van der Waals surface area contributed by atoms with Gasteiger partial charge in [-0.1, -0.05) is 24.3 Å². The fourth-order valence-corrected chi connectivity index (χ4v) is 2.44. The Morgan fingerprint density at radius 3 is 2.90 bits per heavy atom. The molecule has 0 N–H and O–H groups in total. The summed E-state index contributed by atoms with van der Waals surface area (Å²) in [6, 6.07) is 7.77. The maximum atomic E-state index is 11.2. The fourth-order valence-electron chi connectivity index (χ4n) is 2.44. The molecule has 2 rings (SSSR count). The second kappa shape index (κ2) is 6.64. The highest BCUT2D eigenvalue weighted by Gasteiger charge is 2.17. The molecule has 0 atom stereocenters. The average molecular weight is 268 g/mol. The van der Waals surface area contributed by atoms with E-state index in [0.29, 0.717) is 0 Å². The Labute approximate surface area is 118 Å². The SMILES string of the molecule is COC(=O)/C=C/C1=C(c2ccccc2C=[N+]=[N-])CCC1. The van der Waals surface area contributed by atoms with Crippen LogP contribution >= 0.6 is 0 Å². The molecule has 0 saturated carbocycles. The molecule has 102 valence electrons. The molecule has 1 aromatic carbocycles. The van der Waals surface area contributed by atoms with Gasteiger partial charge in [0.25, 0.3) is 6.21 Å². The van der Waals surface area contributed by atoms with E-state index in [4.69, 9.17) is 5.53 Å². The molecule has 0 amide bonds. The molecule has 4 nitrogen and oxygen atoms in total. The van der Waals surface area contributed by atoms with Gasteiger partial charge in [0.2, 0.25) is 0 Å². The number of hydrogen-bond acceptors (Lipinski definition) is 2. The van der Waals surface area contributed by atoms with Crippen molar-refractivity contribution in [3.05, 3.63) is 58.6 Å². The minimum absolute atomic E-state index is 0.353. The van der Waals surface area contributed by atoms with Gasteiger partial charge in [0, 0.05) is 6.08 Å². The number of ether oxygens (including phenoxy) is 1. The van der Waals surface area contributed by atoms with Crippen molar-refractivity contribution < 1.29 is 14.3 Å². The first-order valence-corrected chi connectivity index (χ1v) is 6.51. The molecule has 0 aliphatic heterocycles. The topological polar surface area (TPSA) is 62.7 Å². The van der Waals surface area contributed by atoms with E-state index in [1.807, 2.05) is 30.3 Å². The van der Waals surface area contributed by atoms with Crippen molar-refractivity contribution in [3.8, 4) is 0 Å². The number of carbonyl (C=O) groups excluding carboxylic acids is 1. The summed E-state index contributed by atoms with van der Waals surface area (Å²) in [6.45, 7) is 0. The summed E-state index contributed by atoms with van der Waals surface area (Å²) < 4.78 is 4.61. The third kappa shape index (κ3) is 3.11. The Morgan fingerprint density at radius 1 is 1.35 bits per heavy atom. The lowest BCUT2D eigenvalue weighted by Crippen LogP contribution is -1.95. The van der Waals surface area contributed by atoms with Crippen LogP contribution in [0.1, 0.15) is 30.4 Å². The Bertz CT molecular complexity index is 623. The van der Waals surface area contributed by atoms with E-state index in [1.165, 1.54) is 25.0 Å². The standard InChI is InChI=1S/C16H16N2O2/c1-20-16(19)10-9-12-6-4-8-14(12)15-7-3-2-5-13(15)11-18-17/h2-3,5,7,9-11H,4,6,8H2,1H3/b10-9+. The summed E-state index contributed by atoms with van der Waals surface area (Å²) in [5, 5.41) is 0. The molecule has 0 fully saturated rings. The van der Waals surface area contributed by atoms with E-state index >= 15 is 0 Å². The van der Waals surface area contributed by atoms with Gasteiger partial charge in [0.15, 0.2) is 0 Å². The van der Waals surface area contributed by atoms with Crippen molar-refractivity contribution in [1.82, 2.24) is 0 Å². The second-order valence-corrected chi connectivity index (χ2v) is 4.55. The van der Waals surface area contributed by atoms with Crippen LogP contribution in [0.3, 0.4) is 0 Å². The third-order valence-electron chi connectivity index (χ3n) is 3.37. The molecule has 4 heteroatoms. The minimum atomic E-state index is -0.353. The Kier molecular flexibility index (Phi) is 4.64. The predicted molar refractivity (Wildman–Crippen MR) is 77.2 cm³/mol. The zero-order valence-electron chi connectivity index (χ0n) is 11.4. The summed E-state index contributed by atoms with van der Waals surface area (Å²) in [5.41, 5.74) is 13.0. The molecule has 0 heterocycles. The van der Waals surface area contributed by atoms with E-state index < -0.39 is 0 Å². The van der Waals surface area contributed by atoms with Gasteiger partial charge in [-0.05, 0) is 42.0 Å². The van der Waals surface area contributed by atoms with Gasteiger partial charge in [-0.15, -0.1) is 0 Å². The van der Waals surface area contributed by atoms with Gasteiger partial charge in [-0.2, -0.15) is 4.79 Å². The van der Waals surface area contributed by atoms with E-state index in [0.717, 1.165) is 36.0 Å². The smallest absolute Gasteiger partial charge is 0.330 e. The summed E-state index contributed by atoms with van der Waals surface area (Å²) in [7, 11) is 1.36. The molecule has 0 spiro atoms. The van der Waals surface area contributed by atoms with Crippen LogP contribution < -0.4 is 0 Å². The lowest BCUT2D eigenvalue weighted by atomic mass is 9.97. The number of rotatable bonds is 4. The summed E-state index contributed by atoms with van der Waals surface area (Å²) in [4.78, 5) is 14.3. The first-order valence-electron chi connectivity index (χ1n) is 6.51. The number of nitrogens with zero attached hydrogens (tertiary/aromatic N) is 2. The van der Waals surface area contributed by atoms with Crippen molar-refractivity contribution in [3.63, 3.8) is 0 Å². The highest BCUT2D eigenvalue weighted by Crippen LogP contribution is 2.35. The molecule has 1 aliphatic carbocycles. The zero-order chi connectivity index (χ0) is 14.4. The Balaban J connectivity index is 2.41. The molecule has 0 saturated heterocycles. The molecular weight excluding hydrogens is 252 g/mol. The van der Waals surface area contributed by atoms with Gasteiger partial charge >= 0.3 is 5.97 Å². The van der Waals surface area contributed by atoms with Gasteiger partial charge in [0.05, 0.1) is 12.7 Å². The fraction of sp³-hybridized carbons (Fsp3) is 0.250. The number of benzene rings is 1. The molecule has 0 unspecified atom stereocenters. The summed E-state index contributed by atoms with van der Waals surface area (Å²) in [5.74, 6) is -0.353. The van der Waals surface area contributed by atoms with E-state index in [-0.39, 0.29) is 5.97 Å². The van der Waals surface area contributed by atoms with Crippen LogP contribution in [0, 0.1) is 0 Å². The highest BCUT2D eigenvalue weighted by atomic mass is 16.5. The normalized spacial score (nSPS) is 14.4. The van der Waals surface area contributed by atoms with Gasteiger partial charge in [-0.25, -0.2) is 4.79 Å². The van der Waals surface area contributed by atoms with Gasteiger partial charge < -0.3 is 10.3 Å². The number of allylic oxidation sites excluding steroid dienone is 3. The maximum Gasteiger partial charge on any atom is 0.330 e. The van der Waals surface area contributed by atoms with Crippen LogP contribution in [0.4, 0.5) is 0 Å². The maximum absolute atomic E-state index is 11.2. The van der Waals surface area contributed by atoms with Crippen LogP contribution in [0.2, 0.25) is 0 Å². The summed E-state index contributed by atoms with van der Waals surface area (Å²) in [6.07, 6.45) is 7.65. The van der Waals surface area contributed by atoms with Crippen molar-refractivity contribution in [2.45, 2.75) is 19.3 Å². The third-order valence-corrected chi connectivity index (χ3v) is 3.37. The minimum Gasteiger partial charge on any atom is -0.466 e. The first kappa shape index (κ1) is 14.0. The van der Waals surface area contributed by atoms with Gasteiger partial charge in [-0.3, -0.25) is 0 Å². The first-order chi connectivity index (χ1) is 9.76. The molecule has 0 radical (unpaired) electrons. The number of esters is 1. The number of methoxy groups -OCH3 is 1. The Morgan fingerprint density at radius 2 is 2.15 bits per heavy atom. The van der Waals surface area contributed by atoms with Crippen LogP contribution in [0.25, 0.3) is 11.1 Å². The quantitative estimate of drug-likeness (QED) is 0.277. The second-order valence-electron chi connectivity index (χ2n) is 4.55. The zero-order valence-corrected chi connectivity index (χ0v) is 11.4. The van der Waals surface area contributed by atoms with Gasteiger partial charge in [0.1, 0.15) is 0 Å². The van der Waals surface area contributed by atoms with Crippen LogP contribution in [0.15, 0.2) is 42.0 Å². The monoisotopic (exact) mass is 268 g/mol. The van der Waals surface area contributed by atoms with Crippen molar-refractivity contribution >= 4 is 17.8 Å². The molecule has 1 aliphatic rings. The van der Waals surface area contributed by atoms with Crippen LogP contribution in [-0.2, 0) is 9.53 Å². The highest BCUT2D eigenvalue weighted by molar-refractivity contribution is 5.89. The lowest BCUT2D eigenvalue weighted by Gasteiger charge is -2.06. The van der Waals surface area contributed by atoms with Crippen LogP contribution in [-0.4, -0.2) is 24.1 Å². The van der Waals surface area contributed by atoms with Crippen molar-refractivity contribution in [2.24, 2.45) is 0 Å². The predicted octanol–water partition coefficient (Wildman–Crippen LogP) is 3.00. The molecule has 20 heavy (non-hydrogen) atoms. The lowest BCUT2D eigenvalue weighted by molar-refractivity contribution is -0.134. The number of hydrogen-bond donors (Lipinski definition) is 0. The Hall–Kier alpha value is -2.45. The molecular formula is C16H16N2O2. The molecule has 0 aromatic heterocycles.